The maximum Gasteiger partial charge on any atom is 0.146 e. The van der Waals surface area contributed by atoms with Crippen molar-refractivity contribution in [3.8, 4) is 34.3 Å². The van der Waals surface area contributed by atoms with E-state index in [2.05, 4.69) is 34.3 Å². The molecule has 0 spiro atoms. The van der Waals surface area contributed by atoms with Gasteiger partial charge in [-0.05, 0) is 66.4 Å². The lowest BCUT2D eigenvalue weighted by molar-refractivity contribution is 0.0740. The molecule has 0 aliphatic carbocycles. The molecule has 0 radical (unpaired) electrons. The molecule has 5 rings (SSSR count). The SMILES string of the molecule is C=C(C)C(C)c1c(O)cc(O)c2cc(-c3c4c(cc5c3CCC(C)(C)O5)OC(C)(C)CC4)oc12. The fourth-order valence-electron chi connectivity index (χ4n) is 5.22. The largest absolute Gasteiger partial charge is 0.507 e. The normalized spacial score (nSPS) is 19.0. The van der Waals surface area contributed by atoms with Crippen LogP contribution in [0.3, 0.4) is 0 Å². The fraction of sp³-hybridized carbons (Fsp3) is 0.448. The summed E-state index contributed by atoms with van der Waals surface area (Å²) < 4.78 is 19.3. The number of phenolic OH excluding ortho intramolecular Hbond substituents is 2. The van der Waals surface area contributed by atoms with Crippen LogP contribution in [0, 0.1) is 0 Å². The summed E-state index contributed by atoms with van der Waals surface area (Å²) in [6.07, 6.45) is 3.50. The molecule has 2 aliphatic heterocycles. The zero-order valence-electron chi connectivity index (χ0n) is 21.0. The molecule has 1 atom stereocenters. The monoisotopic (exact) mass is 462 g/mol. The van der Waals surface area contributed by atoms with E-state index in [9.17, 15) is 10.2 Å². The van der Waals surface area contributed by atoms with E-state index in [0.29, 0.717) is 22.3 Å². The number of hydrogen-bond donors (Lipinski definition) is 2. The lowest BCUT2D eigenvalue weighted by Gasteiger charge is -2.38. The third-order valence-corrected chi connectivity index (χ3v) is 7.41. The third kappa shape index (κ3) is 3.62. The van der Waals surface area contributed by atoms with E-state index < -0.39 is 0 Å². The van der Waals surface area contributed by atoms with E-state index in [1.54, 1.807) is 0 Å². The minimum absolute atomic E-state index is 0.00593. The van der Waals surface area contributed by atoms with Crippen LogP contribution in [0.2, 0.25) is 0 Å². The summed E-state index contributed by atoms with van der Waals surface area (Å²) in [6, 6.07) is 5.31. The first-order chi connectivity index (χ1) is 15.9. The maximum absolute atomic E-state index is 10.7. The summed E-state index contributed by atoms with van der Waals surface area (Å²) in [5.74, 6) is 2.18. The number of allylic oxidation sites excluding steroid dienone is 1. The van der Waals surface area contributed by atoms with Crippen LogP contribution in [0.4, 0.5) is 0 Å². The highest BCUT2D eigenvalue weighted by Gasteiger charge is 2.36. The first-order valence-corrected chi connectivity index (χ1v) is 12.1. The fourth-order valence-corrected chi connectivity index (χ4v) is 5.22. The molecule has 3 aromatic rings. The van der Waals surface area contributed by atoms with Gasteiger partial charge in [0.2, 0.25) is 0 Å². The van der Waals surface area contributed by atoms with Crippen molar-refractivity contribution >= 4 is 11.0 Å². The highest BCUT2D eigenvalue weighted by molar-refractivity contribution is 5.94. The van der Waals surface area contributed by atoms with Gasteiger partial charge in [0.25, 0.3) is 0 Å². The molecule has 3 heterocycles. The molecule has 0 saturated heterocycles. The van der Waals surface area contributed by atoms with Gasteiger partial charge >= 0.3 is 0 Å². The summed E-state index contributed by atoms with van der Waals surface area (Å²) in [6.45, 7) is 16.4. The van der Waals surface area contributed by atoms with Gasteiger partial charge in [-0.3, -0.25) is 0 Å². The second-order valence-corrected chi connectivity index (χ2v) is 11.2. The van der Waals surface area contributed by atoms with Crippen molar-refractivity contribution in [3.63, 3.8) is 0 Å². The zero-order chi connectivity index (χ0) is 24.6. The van der Waals surface area contributed by atoms with Crippen LogP contribution < -0.4 is 9.47 Å². The summed E-state index contributed by atoms with van der Waals surface area (Å²) >= 11 is 0. The van der Waals surface area contributed by atoms with Crippen LogP contribution in [0.15, 0.2) is 34.8 Å². The maximum atomic E-state index is 10.7. The van der Waals surface area contributed by atoms with Gasteiger partial charge in [-0.15, -0.1) is 0 Å². The van der Waals surface area contributed by atoms with Gasteiger partial charge in [-0.25, -0.2) is 0 Å². The molecular weight excluding hydrogens is 428 g/mol. The summed E-state index contributed by atoms with van der Waals surface area (Å²) in [7, 11) is 0. The first kappa shape index (κ1) is 22.7. The van der Waals surface area contributed by atoms with E-state index in [0.717, 1.165) is 59.4 Å². The van der Waals surface area contributed by atoms with Crippen LogP contribution in [0.5, 0.6) is 23.0 Å². The average Bonchev–Trinajstić information content (AvgIpc) is 3.15. The van der Waals surface area contributed by atoms with Gasteiger partial charge < -0.3 is 24.1 Å². The predicted octanol–water partition coefficient (Wildman–Crippen LogP) is 7.40. The van der Waals surface area contributed by atoms with E-state index in [1.165, 1.54) is 6.07 Å². The Morgan fingerprint density at radius 3 is 2.00 bits per heavy atom. The summed E-state index contributed by atoms with van der Waals surface area (Å²) in [4.78, 5) is 0. The van der Waals surface area contributed by atoms with Crippen molar-refractivity contribution in [3.05, 3.63) is 47.0 Å². The van der Waals surface area contributed by atoms with Crippen molar-refractivity contribution in [2.75, 3.05) is 0 Å². The molecule has 0 bridgehead atoms. The average molecular weight is 463 g/mol. The van der Waals surface area contributed by atoms with Gasteiger partial charge in [-0.2, -0.15) is 0 Å². The molecular formula is C29H34O5. The quantitative estimate of drug-likeness (QED) is 0.397. The second kappa shape index (κ2) is 7.46. The number of benzene rings is 2. The molecule has 0 amide bonds. The molecule has 1 unspecified atom stereocenters. The van der Waals surface area contributed by atoms with Crippen LogP contribution in [-0.4, -0.2) is 21.4 Å². The van der Waals surface area contributed by atoms with Gasteiger partial charge in [0.05, 0.1) is 5.39 Å². The van der Waals surface area contributed by atoms with Crippen molar-refractivity contribution in [1.29, 1.82) is 0 Å². The van der Waals surface area contributed by atoms with Crippen molar-refractivity contribution in [2.24, 2.45) is 0 Å². The van der Waals surface area contributed by atoms with Crippen LogP contribution in [0.1, 0.15) is 77.0 Å². The third-order valence-electron chi connectivity index (χ3n) is 7.41. The van der Waals surface area contributed by atoms with E-state index >= 15 is 0 Å². The smallest absolute Gasteiger partial charge is 0.146 e. The Kier molecular flexibility index (Phi) is 4.98. The summed E-state index contributed by atoms with van der Waals surface area (Å²) in [5, 5.41) is 21.9. The Hall–Kier alpha value is -3.08. The minimum Gasteiger partial charge on any atom is -0.507 e. The van der Waals surface area contributed by atoms with Crippen LogP contribution >= 0.6 is 0 Å². The number of fused-ring (bicyclic) bond motifs is 3. The lowest BCUT2D eigenvalue weighted by Crippen LogP contribution is -2.35. The highest BCUT2D eigenvalue weighted by atomic mass is 16.5. The van der Waals surface area contributed by atoms with Crippen molar-refractivity contribution < 1.29 is 24.1 Å². The Bertz CT molecular complexity index is 1280. The Morgan fingerprint density at radius 1 is 0.912 bits per heavy atom. The van der Waals surface area contributed by atoms with E-state index in [4.69, 9.17) is 13.9 Å². The second-order valence-electron chi connectivity index (χ2n) is 11.2. The van der Waals surface area contributed by atoms with Crippen molar-refractivity contribution in [2.45, 2.75) is 84.3 Å². The number of rotatable bonds is 3. The molecule has 180 valence electrons. The number of hydrogen-bond acceptors (Lipinski definition) is 5. The number of phenols is 2. The minimum atomic E-state index is -0.259. The Morgan fingerprint density at radius 2 is 1.47 bits per heavy atom. The Balaban J connectivity index is 1.79. The van der Waals surface area contributed by atoms with Gasteiger partial charge in [0.1, 0.15) is 45.5 Å². The molecule has 34 heavy (non-hydrogen) atoms. The molecule has 5 nitrogen and oxygen atoms in total. The van der Waals surface area contributed by atoms with Crippen molar-refractivity contribution in [1.82, 2.24) is 0 Å². The molecule has 5 heteroatoms. The molecule has 2 N–H and O–H groups in total. The molecule has 2 aliphatic rings. The van der Waals surface area contributed by atoms with Gasteiger partial charge in [0.15, 0.2) is 0 Å². The summed E-state index contributed by atoms with van der Waals surface area (Å²) in [5.41, 5.74) is 4.72. The standard InChI is InChI=1S/C29H34O5/c1-15(2)16(3)25-21(31)13-20(30)19-12-24(32-27(19)25)26-17-8-10-28(4,5)33-22(17)14-23-18(26)9-11-29(6,7)34-23/h12-14,16,30-31H,1,8-11H2,2-7H3. The number of aromatic hydroxyl groups is 2. The first-order valence-electron chi connectivity index (χ1n) is 12.1. The van der Waals surface area contributed by atoms with E-state index in [1.807, 2.05) is 26.0 Å². The zero-order valence-corrected chi connectivity index (χ0v) is 21.0. The molecule has 1 aromatic heterocycles. The Labute approximate surface area is 201 Å². The van der Waals surface area contributed by atoms with Gasteiger partial charge in [-0.1, -0.05) is 19.1 Å². The van der Waals surface area contributed by atoms with Crippen LogP contribution in [-0.2, 0) is 12.8 Å². The molecule has 0 saturated carbocycles. The molecule has 2 aromatic carbocycles. The predicted molar refractivity (Wildman–Crippen MR) is 134 cm³/mol. The van der Waals surface area contributed by atoms with Gasteiger partial charge in [0, 0.05) is 40.3 Å². The number of furan rings is 1. The van der Waals surface area contributed by atoms with Crippen LogP contribution in [0.25, 0.3) is 22.3 Å². The lowest BCUT2D eigenvalue weighted by atomic mass is 9.84. The number of ether oxygens (including phenoxy) is 2. The molecule has 0 fully saturated rings. The highest BCUT2D eigenvalue weighted by Crippen LogP contribution is 2.51. The topological polar surface area (TPSA) is 72.1 Å². The van der Waals surface area contributed by atoms with E-state index in [-0.39, 0.29) is 28.6 Å².